The fraction of sp³-hybridized carbons (Fsp3) is 0.600. The van der Waals surface area contributed by atoms with Crippen LogP contribution in [0.2, 0.25) is 0 Å². The summed E-state index contributed by atoms with van der Waals surface area (Å²) >= 11 is 0. The number of nitrogens with two attached hydrogens (primary N) is 1. The molecular weight excluding hydrogens is 240 g/mol. The van der Waals surface area contributed by atoms with Crippen LogP contribution in [0.25, 0.3) is 0 Å². The zero-order valence-electron chi connectivity index (χ0n) is 11.8. The van der Waals surface area contributed by atoms with E-state index >= 15 is 0 Å². The molecule has 0 radical (unpaired) electrons. The largest absolute Gasteiger partial charge is 0.493 e. The minimum Gasteiger partial charge on any atom is -0.493 e. The molecule has 0 aliphatic carbocycles. The third-order valence-corrected chi connectivity index (χ3v) is 3.63. The van der Waals surface area contributed by atoms with Crippen LogP contribution in [0.3, 0.4) is 0 Å². The Bertz CT molecular complexity index is 409. The lowest BCUT2D eigenvalue weighted by Gasteiger charge is -2.26. The number of aryl methyl sites for hydroxylation is 1. The SMILES string of the molecule is COCC(C)CC(NN)c1cccc2c1OCCC2. The summed E-state index contributed by atoms with van der Waals surface area (Å²) in [5.41, 5.74) is 5.39. The van der Waals surface area contributed by atoms with Gasteiger partial charge in [-0.3, -0.25) is 11.3 Å². The van der Waals surface area contributed by atoms with Gasteiger partial charge in [0.2, 0.25) is 0 Å². The van der Waals surface area contributed by atoms with Crippen molar-refractivity contribution < 1.29 is 9.47 Å². The molecule has 1 aromatic carbocycles. The van der Waals surface area contributed by atoms with Crippen LogP contribution < -0.4 is 16.0 Å². The maximum atomic E-state index is 5.85. The Morgan fingerprint density at radius 1 is 1.47 bits per heavy atom. The quantitative estimate of drug-likeness (QED) is 0.611. The van der Waals surface area contributed by atoms with Gasteiger partial charge in [0, 0.05) is 25.3 Å². The number of ether oxygens (including phenoxy) is 2. The standard InChI is InChI=1S/C15H24N2O2/c1-11(10-18-2)9-14(17-16)13-7-3-5-12-6-4-8-19-15(12)13/h3,5,7,11,14,17H,4,6,8-10,16H2,1-2H3. The summed E-state index contributed by atoms with van der Waals surface area (Å²) in [7, 11) is 1.73. The molecule has 4 nitrogen and oxygen atoms in total. The molecule has 0 aromatic heterocycles. The number of fused-ring (bicyclic) bond motifs is 1. The molecule has 19 heavy (non-hydrogen) atoms. The molecule has 1 aliphatic heterocycles. The number of hydrazine groups is 1. The Morgan fingerprint density at radius 2 is 2.32 bits per heavy atom. The molecule has 0 saturated carbocycles. The third-order valence-electron chi connectivity index (χ3n) is 3.63. The van der Waals surface area contributed by atoms with Gasteiger partial charge in [0.05, 0.1) is 6.61 Å². The topological polar surface area (TPSA) is 56.5 Å². The van der Waals surface area contributed by atoms with Gasteiger partial charge < -0.3 is 9.47 Å². The molecule has 1 heterocycles. The highest BCUT2D eigenvalue weighted by Gasteiger charge is 2.21. The molecule has 1 aromatic rings. The number of nitrogens with one attached hydrogen (secondary N) is 1. The van der Waals surface area contributed by atoms with Gasteiger partial charge in [-0.1, -0.05) is 25.1 Å². The van der Waals surface area contributed by atoms with Gasteiger partial charge in [0.15, 0.2) is 0 Å². The van der Waals surface area contributed by atoms with Gasteiger partial charge in [0.25, 0.3) is 0 Å². The number of hydrogen-bond acceptors (Lipinski definition) is 4. The molecule has 0 amide bonds. The fourth-order valence-electron chi connectivity index (χ4n) is 2.73. The number of benzene rings is 1. The summed E-state index contributed by atoms with van der Waals surface area (Å²) in [6.07, 6.45) is 3.12. The van der Waals surface area contributed by atoms with Gasteiger partial charge in [-0.2, -0.15) is 0 Å². The normalized spacial score (nSPS) is 17.4. The van der Waals surface area contributed by atoms with Crippen molar-refractivity contribution >= 4 is 0 Å². The zero-order chi connectivity index (χ0) is 13.7. The lowest BCUT2D eigenvalue weighted by Crippen LogP contribution is -2.31. The molecule has 1 aliphatic rings. The summed E-state index contributed by atoms with van der Waals surface area (Å²) in [6, 6.07) is 6.45. The average Bonchev–Trinajstić information content (AvgIpc) is 2.44. The van der Waals surface area contributed by atoms with E-state index in [9.17, 15) is 0 Å². The first-order valence-corrected chi connectivity index (χ1v) is 6.96. The maximum absolute atomic E-state index is 5.85. The van der Waals surface area contributed by atoms with Crippen molar-refractivity contribution in [2.45, 2.75) is 32.2 Å². The van der Waals surface area contributed by atoms with Crippen LogP contribution in [-0.2, 0) is 11.2 Å². The molecule has 0 bridgehead atoms. The van der Waals surface area contributed by atoms with Crippen LogP contribution >= 0.6 is 0 Å². The molecule has 0 fully saturated rings. The van der Waals surface area contributed by atoms with Crippen molar-refractivity contribution in [3.05, 3.63) is 29.3 Å². The second kappa shape index (κ2) is 6.89. The second-order valence-corrected chi connectivity index (χ2v) is 5.30. The first-order chi connectivity index (χ1) is 9.26. The molecule has 2 unspecified atom stereocenters. The average molecular weight is 264 g/mol. The van der Waals surface area contributed by atoms with E-state index in [0.717, 1.165) is 38.2 Å². The predicted molar refractivity (Wildman–Crippen MR) is 76.0 cm³/mol. The number of rotatable bonds is 6. The van der Waals surface area contributed by atoms with E-state index in [2.05, 4.69) is 30.5 Å². The Kier molecular flexibility index (Phi) is 5.19. The van der Waals surface area contributed by atoms with Gasteiger partial charge in [-0.05, 0) is 30.7 Å². The van der Waals surface area contributed by atoms with Crippen molar-refractivity contribution in [1.29, 1.82) is 0 Å². The van der Waals surface area contributed by atoms with E-state index in [4.69, 9.17) is 15.3 Å². The van der Waals surface area contributed by atoms with E-state index < -0.39 is 0 Å². The van der Waals surface area contributed by atoms with E-state index in [1.54, 1.807) is 7.11 Å². The van der Waals surface area contributed by atoms with Crippen LogP contribution in [0, 0.1) is 5.92 Å². The van der Waals surface area contributed by atoms with Crippen molar-refractivity contribution in [2.75, 3.05) is 20.3 Å². The van der Waals surface area contributed by atoms with Gasteiger partial charge in [0.1, 0.15) is 5.75 Å². The van der Waals surface area contributed by atoms with E-state index in [-0.39, 0.29) is 6.04 Å². The summed E-state index contributed by atoms with van der Waals surface area (Å²) < 4.78 is 11.0. The maximum Gasteiger partial charge on any atom is 0.127 e. The van der Waals surface area contributed by atoms with E-state index in [0.29, 0.717) is 5.92 Å². The molecule has 0 spiro atoms. The van der Waals surface area contributed by atoms with Crippen LogP contribution in [0.5, 0.6) is 5.75 Å². The summed E-state index contributed by atoms with van der Waals surface area (Å²) in [6.45, 7) is 3.72. The van der Waals surface area contributed by atoms with Gasteiger partial charge in [-0.25, -0.2) is 0 Å². The van der Waals surface area contributed by atoms with Crippen molar-refractivity contribution in [3.8, 4) is 5.75 Å². The molecule has 106 valence electrons. The van der Waals surface area contributed by atoms with Crippen molar-refractivity contribution in [1.82, 2.24) is 5.43 Å². The zero-order valence-corrected chi connectivity index (χ0v) is 11.8. The Labute approximate surface area is 115 Å². The van der Waals surface area contributed by atoms with Crippen LogP contribution in [0.1, 0.15) is 36.9 Å². The Morgan fingerprint density at radius 3 is 3.05 bits per heavy atom. The molecule has 4 heteroatoms. The highest BCUT2D eigenvalue weighted by Crippen LogP contribution is 2.34. The fourth-order valence-corrected chi connectivity index (χ4v) is 2.73. The Hall–Kier alpha value is -1.10. The van der Waals surface area contributed by atoms with Gasteiger partial charge >= 0.3 is 0 Å². The Balaban J connectivity index is 2.18. The minimum absolute atomic E-state index is 0.109. The van der Waals surface area contributed by atoms with Crippen LogP contribution in [-0.4, -0.2) is 20.3 Å². The second-order valence-electron chi connectivity index (χ2n) is 5.30. The lowest BCUT2D eigenvalue weighted by atomic mass is 9.93. The molecule has 0 saturated heterocycles. The predicted octanol–water partition coefficient (Wildman–Crippen LogP) is 2.19. The highest BCUT2D eigenvalue weighted by molar-refractivity contribution is 5.44. The summed E-state index contributed by atoms with van der Waals surface area (Å²) in [5.74, 6) is 7.21. The van der Waals surface area contributed by atoms with Crippen molar-refractivity contribution in [2.24, 2.45) is 11.8 Å². The molecule has 3 N–H and O–H groups in total. The number of para-hydroxylation sites is 1. The van der Waals surface area contributed by atoms with Crippen molar-refractivity contribution in [3.63, 3.8) is 0 Å². The first kappa shape index (κ1) is 14.3. The molecule has 2 atom stereocenters. The minimum atomic E-state index is 0.109. The molecular formula is C15H24N2O2. The van der Waals surface area contributed by atoms with Crippen LogP contribution in [0.15, 0.2) is 18.2 Å². The van der Waals surface area contributed by atoms with E-state index in [1.165, 1.54) is 11.1 Å². The molecule has 2 rings (SSSR count). The number of methoxy groups -OCH3 is 1. The smallest absolute Gasteiger partial charge is 0.127 e. The van der Waals surface area contributed by atoms with Gasteiger partial charge in [-0.15, -0.1) is 0 Å². The lowest BCUT2D eigenvalue weighted by molar-refractivity contribution is 0.149. The monoisotopic (exact) mass is 264 g/mol. The highest BCUT2D eigenvalue weighted by atomic mass is 16.5. The first-order valence-electron chi connectivity index (χ1n) is 6.96. The number of hydrogen-bond donors (Lipinski definition) is 2. The van der Waals surface area contributed by atoms with Crippen LogP contribution in [0.4, 0.5) is 0 Å². The summed E-state index contributed by atoms with van der Waals surface area (Å²) in [5, 5.41) is 0. The third kappa shape index (κ3) is 3.47. The van der Waals surface area contributed by atoms with E-state index in [1.807, 2.05) is 0 Å². The summed E-state index contributed by atoms with van der Waals surface area (Å²) in [4.78, 5) is 0.